The van der Waals surface area contributed by atoms with Crippen LogP contribution in [0.5, 0.6) is 0 Å². The topological polar surface area (TPSA) is 26.7 Å². The van der Waals surface area contributed by atoms with Crippen LogP contribution < -0.4 is 0 Å². The van der Waals surface area contributed by atoms with Gasteiger partial charge in [0.25, 0.3) is 0 Å². The second-order valence-electron chi connectivity index (χ2n) is 4.39. The number of nitrogens with zero attached hydrogens (tertiary/aromatic N) is 2. The Bertz CT molecular complexity index is 152. The third-order valence-corrected chi connectivity index (χ3v) is 2.83. The van der Waals surface area contributed by atoms with Crippen LogP contribution in [-0.4, -0.2) is 60.8 Å². The van der Waals surface area contributed by atoms with Gasteiger partial charge in [-0.1, -0.05) is 6.92 Å². The molecular formula is C10H22N2O. The number of likely N-dealkylation sites (N-methyl/N-ethyl adjacent to an activating group) is 1. The summed E-state index contributed by atoms with van der Waals surface area (Å²) in [6.07, 6.45) is 0. The zero-order chi connectivity index (χ0) is 9.84. The van der Waals surface area contributed by atoms with Crippen molar-refractivity contribution in [3.8, 4) is 0 Å². The molecule has 1 heterocycles. The highest BCUT2D eigenvalue weighted by Crippen LogP contribution is 2.10. The molecule has 0 aromatic carbocycles. The second kappa shape index (κ2) is 4.94. The van der Waals surface area contributed by atoms with Gasteiger partial charge in [-0.3, -0.25) is 4.90 Å². The van der Waals surface area contributed by atoms with Gasteiger partial charge in [0.1, 0.15) is 0 Å². The van der Waals surface area contributed by atoms with Crippen LogP contribution in [0.2, 0.25) is 0 Å². The Morgan fingerprint density at radius 2 is 2.15 bits per heavy atom. The molecule has 78 valence electrons. The third kappa shape index (κ3) is 3.25. The van der Waals surface area contributed by atoms with Crippen LogP contribution in [0.25, 0.3) is 0 Å². The molecule has 0 aromatic rings. The van der Waals surface area contributed by atoms with Crippen molar-refractivity contribution >= 4 is 0 Å². The first-order valence-electron chi connectivity index (χ1n) is 5.17. The Balaban J connectivity index is 2.33. The minimum atomic E-state index is 0.305. The van der Waals surface area contributed by atoms with Crippen LogP contribution in [0.15, 0.2) is 0 Å². The molecule has 2 unspecified atom stereocenters. The summed E-state index contributed by atoms with van der Waals surface area (Å²) in [6, 6.07) is 0.632. The van der Waals surface area contributed by atoms with E-state index in [1.165, 1.54) is 0 Å². The molecule has 2 atom stereocenters. The fourth-order valence-electron chi connectivity index (χ4n) is 1.91. The quantitative estimate of drug-likeness (QED) is 0.684. The first kappa shape index (κ1) is 11.0. The van der Waals surface area contributed by atoms with E-state index in [1.54, 1.807) is 0 Å². The molecule has 0 aromatic heterocycles. The monoisotopic (exact) mass is 186 g/mol. The molecule has 13 heavy (non-hydrogen) atoms. The van der Waals surface area contributed by atoms with Crippen LogP contribution in [-0.2, 0) is 0 Å². The molecule has 0 radical (unpaired) electrons. The van der Waals surface area contributed by atoms with Gasteiger partial charge in [0, 0.05) is 38.8 Å². The van der Waals surface area contributed by atoms with Gasteiger partial charge >= 0.3 is 0 Å². The Kier molecular flexibility index (Phi) is 4.16. The van der Waals surface area contributed by atoms with E-state index >= 15 is 0 Å². The van der Waals surface area contributed by atoms with Gasteiger partial charge in [0.05, 0.1) is 0 Å². The highest BCUT2D eigenvalue weighted by Gasteiger charge is 2.22. The van der Waals surface area contributed by atoms with Crippen molar-refractivity contribution in [2.45, 2.75) is 19.9 Å². The molecule has 0 amide bonds. The van der Waals surface area contributed by atoms with Gasteiger partial charge in [0.15, 0.2) is 0 Å². The number of hydrogen-bond acceptors (Lipinski definition) is 3. The molecule has 3 heteroatoms. The first-order valence-corrected chi connectivity index (χ1v) is 5.17. The van der Waals surface area contributed by atoms with Crippen molar-refractivity contribution in [3.05, 3.63) is 0 Å². The van der Waals surface area contributed by atoms with Crippen molar-refractivity contribution < 1.29 is 5.11 Å². The van der Waals surface area contributed by atoms with E-state index in [0.717, 1.165) is 26.2 Å². The summed E-state index contributed by atoms with van der Waals surface area (Å²) in [7, 11) is 2.17. The van der Waals surface area contributed by atoms with E-state index in [-0.39, 0.29) is 0 Å². The summed E-state index contributed by atoms with van der Waals surface area (Å²) < 4.78 is 0. The number of aliphatic hydroxyl groups excluding tert-OH is 1. The van der Waals surface area contributed by atoms with E-state index < -0.39 is 0 Å². The zero-order valence-corrected chi connectivity index (χ0v) is 9.03. The van der Waals surface area contributed by atoms with E-state index in [9.17, 15) is 0 Å². The minimum Gasteiger partial charge on any atom is -0.396 e. The number of aliphatic hydroxyl groups is 1. The molecule has 0 saturated carbocycles. The van der Waals surface area contributed by atoms with Gasteiger partial charge in [0.2, 0.25) is 0 Å². The smallest absolute Gasteiger partial charge is 0.0468 e. The predicted molar refractivity (Wildman–Crippen MR) is 54.8 cm³/mol. The standard InChI is InChI=1S/C10H22N2O/c1-9(8-13)6-12-5-4-11(3)7-10(12)2/h9-10,13H,4-8H2,1-3H3. The van der Waals surface area contributed by atoms with Crippen molar-refractivity contribution in [2.24, 2.45) is 5.92 Å². The number of rotatable bonds is 3. The average molecular weight is 186 g/mol. The van der Waals surface area contributed by atoms with Gasteiger partial charge in [-0.2, -0.15) is 0 Å². The van der Waals surface area contributed by atoms with Crippen molar-refractivity contribution in [2.75, 3.05) is 39.8 Å². The highest BCUT2D eigenvalue weighted by molar-refractivity contribution is 4.78. The summed E-state index contributed by atoms with van der Waals surface area (Å²) in [4.78, 5) is 4.84. The SMILES string of the molecule is CC(CO)CN1CCN(C)CC1C. The largest absolute Gasteiger partial charge is 0.396 e. The molecule has 0 spiro atoms. The Morgan fingerprint density at radius 1 is 1.46 bits per heavy atom. The van der Waals surface area contributed by atoms with Gasteiger partial charge in [-0.05, 0) is 19.9 Å². The predicted octanol–water partition coefficient (Wildman–Crippen LogP) is 0.251. The van der Waals surface area contributed by atoms with E-state index in [1.807, 2.05) is 0 Å². The number of hydrogen-bond donors (Lipinski definition) is 1. The maximum absolute atomic E-state index is 8.97. The molecule has 1 rings (SSSR count). The van der Waals surface area contributed by atoms with Crippen molar-refractivity contribution in [1.29, 1.82) is 0 Å². The minimum absolute atomic E-state index is 0.305. The van der Waals surface area contributed by atoms with Crippen LogP contribution in [0.3, 0.4) is 0 Å². The maximum atomic E-state index is 8.97. The Labute approximate surface area is 81.3 Å². The molecule has 1 aliphatic rings. The molecule has 0 aliphatic carbocycles. The van der Waals surface area contributed by atoms with Crippen LogP contribution in [0.4, 0.5) is 0 Å². The summed E-state index contributed by atoms with van der Waals surface area (Å²) >= 11 is 0. The van der Waals surface area contributed by atoms with Crippen LogP contribution in [0, 0.1) is 5.92 Å². The Morgan fingerprint density at radius 3 is 2.69 bits per heavy atom. The van der Waals surface area contributed by atoms with Gasteiger partial charge in [-0.15, -0.1) is 0 Å². The van der Waals surface area contributed by atoms with E-state index in [0.29, 0.717) is 18.6 Å². The van der Waals surface area contributed by atoms with E-state index in [2.05, 4.69) is 30.7 Å². The third-order valence-electron chi connectivity index (χ3n) is 2.83. The molecule has 3 nitrogen and oxygen atoms in total. The normalized spacial score (nSPS) is 29.1. The molecular weight excluding hydrogens is 164 g/mol. The lowest BCUT2D eigenvalue weighted by atomic mass is 10.1. The lowest BCUT2D eigenvalue weighted by Gasteiger charge is -2.39. The molecule has 1 saturated heterocycles. The highest BCUT2D eigenvalue weighted by atomic mass is 16.3. The van der Waals surface area contributed by atoms with Gasteiger partial charge < -0.3 is 10.0 Å². The average Bonchev–Trinajstić information content (AvgIpc) is 2.09. The summed E-state index contributed by atoms with van der Waals surface area (Å²) in [5, 5.41) is 8.97. The molecule has 1 N–H and O–H groups in total. The van der Waals surface area contributed by atoms with E-state index in [4.69, 9.17) is 5.11 Å². The summed E-state index contributed by atoms with van der Waals surface area (Å²) in [6.45, 7) is 9.15. The fourth-order valence-corrected chi connectivity index (χ4v) is 1.91. The maximum Gasteiger partial charge on any atom is 0.0468 e. The number of piperazine rings is 1. The summed E-state index contributed by atoms with van der Waals surface area (Å²) in [5.41, 5.74) is 0. The molecule has 1 fully saturated rings. The fraction of sp³-hybridized carbons (Fsp3) is 1.00. The van der Waals surface area contributed by atoms with Gasteiger partial charge in [-0.25, -0.2) is 0 Å². The van der Waals surface area contributed by atoms with Crippen molar-refractivity contribution in [1.82, 2.24) is 9.80 Å². The summed E-state index contributed by atoms with van der Waals surface area (Å²) in [5.74, 6) is 0.408. The second-order valence-corrected chi connectivity index (χ2v) is 4.39. The van der Waals surface area contributed by atoms with Crippen LogP contribution >= 0.6 is 0 Å². The molecule has 0 bridgehead atoms. The lowest BCUT2D eigenvalue weighted by Crippen LogP contribution is -2.51. The lowest BCUT2D eigenvalue weighted by molar-refractivity contribution is 0.0753. The zero-order valence-electron chi connectivity index (χ0n) is 9.03. The van der Waals surface area contributed by atoms with Crippen molar-refractivity contribution in [3.63, 3.8) is 0 Å². The Hall–Kier alpha value is -0.120. The molecule has 1 aliphatic heterocycles. The first-order chi connectivity index (χ1) is 6.13. The van der Waals surface area contributed by atoms with Crippen LogP contribution in [0.1, 0.15) is 13.8 Å².